The van der Waals surface area contributed by atoms with Crippen molar-refractivity contribution in [1.29, 1.82) is 0 Å². The zero-order valence-electron chi connectivity index (χ0n) is 20.4. The van der Waals surface area contributed by atoms with Gasteiger partial charge in [0.25, 0.3) is 0 Å². The molecule has 0 fully saturated rings. The van der Waals surface area contributed by atoms with Crippen LogP contribution in [0.25, 0.3) is 0 Å². The highest BCUT2D eigenvalue weighted by Crippen LogP contribution is 2.40. The van der Waals surface area contributed by atoms with Gasteiger partial charge >= 0.3 is 11.8 Å². The number of ether oxygens (including phenoxy) is 6. The standard InChI is InChI=1S/C24H32N2O8/c1-29-17-9-7-15(19(31-3)21(17)33-5)11-13-25-23(27)24(28)26-14-12-16-8-10-18(30-2)22(34-6)20(16)32-4/h7-10H,11-14H2,1-6H3,(H,25,27)(H,26,28). The number of methoxy groups -OCH3 is 6. The Morgan fingerprint density at radius 2 is 0.912 bits per heavy atom. The van der Waals surface area contributed by atoms with Crippen molar-refractivity contribution < 1.29 is 38.0 Å². The van der Waals surface area contributed by atoms with E-state index in [1.807, 2.05) is 12.1 Å². The first-order chi connectivity index (χ1) is 16.4. The zero-order valence-corrected chi connectivity index (χ0v) is 20.4. The van der Waals surface area contributed by atoms with Gasteiger partial charge in [-0.2, -0.15) is 0 Å². The van der Waals surface area contributed by atoms with Gasteiger partial charge in [0.1, 0.15) is 0 Å². The molecule has 0 radical (unpaired) electrons. The van der Waals surface area contributed by atoms with Gasteiger partial charge in [0.2, 0.25) is 11.5 Å². The lowest BCUT2D eigenvalue weighted by Crippen LogP contribution is -2.41. The largest absolute Gasteiger partial charge is 0.493 e. The Hall–Kier alpha value is -3.82. The molecule has 10 nitrogen and oxygen atoms in total. The fourth-order valence-electron chi connectivity index (χ4n) is 3.50. The topological polar surface area (TPSA) is 114 Å². The zero-order chi connectivity index (χ0) is 25.1. The second kappa shape index (κ2) is 13.0. The minimum absolute atomic E-state index is 0.238. The van der Waals surface area contributed by atoms with E-state index in [2.05, 4.69) is 10.6 Å². The molecule has 0 bridgehead atoms. The molecular formula is C24H32N2O8. The minimum atomic E-state index is -0.723. The molecule has 2 amide bonds. The lowest BCUT2D eigenvalue weighted by molar-refractivity contribution is -0.139. The molecule has 0 aliphatic rings. The van der Waals surface area contributed by atoms with Crippen molar-refractivity contribution in [3.05, 3.63) is 35.4 Å². The van der Waals surface area contributed by atoms with E-state index >= 15 is 0 Å². The second-order valence-electron chi connectivity index (χ2n) is 7.00. The third-order valence-corrected chi connectivity index (χ3v) is 5.14. The average Bonchev–Trinajstić information content (AvgIpc) is 2.87. The Balaban J connectivity index is 1.90. The normalized spacial score (nSPS) is 10.2. The van der Waals surface area contributed by atoms with Crippen LogP contribution in [0.5, 0.6) is 34.5 Å². The molecular weight excluding hydrogens is 444 g/mol. The molecule has 2 aromatic carbocycles. The number of rotatable bonds is 12. The van der Waals surface area contributed by atoms with Gasteiger partial charge in [0, 0.05) is 24.2 Å². The van der Waals surface area contributed by atoms with Crippen molar-refractivity contribution in [2.45, 2.75) is 12.8 Å². The van der Waals surface area contributed by atoms with Gasteiger partial charge in [-0.05, 0) is 25.0 Å². The smallest absolute Gasteiger partial charge is 0.309 e. The van der Waals surface area contributed by atoms with Crippen LogP contribution in [0, 0.1) is 0 Å². The summed E-state index contributed by atoms with van der Waals surface area (Å²) < 4.78 is 32.1. The minimum Gasteiger partial charge on any atom is -0.493 e. The Labute approximate surface area is 199 Å². The van der Waals surface area contributed by atoms with Crippen LogP contribution in [0.4, 0.5) is 0 Å². The molecule has 0 saturated carbocycles. The molecule has 0 aliphatic carbocycles. The van der Waals surface area contributed by atoms with E-state index < -0.39 is 11.8 Å². The Morgan fingerprint density at radius 1 is 0.559 bits per heavy atom. The molecule has 0 atom stereocenters. The summed E-state index contributed by atoms with van der Waals surface area (Å²) in [6.45, 7) is 0.475. The van der Waals surface area contributed by atoms with Crippen LogP contribution >= 0.6 is 0 Å². The number of nitrogens with one attached hydrogen (secondary N) is 2. The number of hydrogen-bond donors (Lipinski definition) is 2. The molecule has 0 spiro atoms. The number of benzene rings is 2. The Morgan fingerprint density at radius 3 is 1.21 bits per heavy atom. The van der Waals surface area contributed by atoms with Crippen molar-refractivity contribution in [1.82, 2.24) is 10.6 Å². The van der Waals surface area contributed by atoms with Crippen LogP contribution in [-0.4, -0.2) is 67.6 Å². The molecule has 10 heteroatoms. The second-order valence-corrected chi connectivity index (χ2v) is 7.00. The van der Waals surface area contributed by atoms with Gasteiger partial charge in [-0.15, -0.1) is 0 Å². The number of carbonyl (C=O) groups excluding carboxylic acids is 2. The molecule has 0 heterocycles. The first-order valence-corrected chi connectivity index (χ1v) is 10.6. The lowest BCUT2D eigenvalue weighted by atomic mass is 10.1. The Bertz CT molecular complexity index is 914. The third kappa shape index (κ3) is 6.15. The molecule has 2 rings (SSSR count). The van der Waals surface area contributed by atoms with E-state index in [-0.39, 0.29) is 13.1 Å². The van der Waals surface area contributed by atoms with Gasteiger partial charge in [-0.3, -0.25) is 9.59 Å². The molecule has 0 saturated heterocycles. The van der Waals surface area contributed by atoms with Gasteiger partial charge in [-0.1, -0.05) is 12.1 Å². The van der Waals surface area contributed by atoms with Crippen molar-refractivity contribution in [2.24, 2.45) is 0 Å². The highest BCUT2D eigenvalue weighted by Gasteiger charge is 2.18. The maximum Gasteiger partial charge on any atom is 0.309 e. The van der Waals surface area contributed by atoms with Crippen LogP contribution in [0.3, 0.4) is 0 Å². The number of carbonyl (C=O) groups is 2. The van der Waals surface area contributed by atoms with E-state index in [9.17, 15) is 9.59 Å². The molecule has 186 valence electrons. The van der Waals surface area contributed by atoms with Gasteiger partial charge in [0.15, 0.2) is 23.0 Å². The molecule has 0 unspecified atom stereocenters. The molecule has 2 aromatic rings. The summed E-state index contributed by atoms with van der Waals surface area (Å²) in [5, 5.41) is 5.23. The maximum atomic E-state index is 12.2. The Kier molecular flexibility index (Phi) is 10.1. The van der Waals surface area contributed by atoms with E-state index in [0.717, 1.165) is 11.1 Å². The van der Waals surface area contributed by atoms with E-state index in [4.69, 9.17) is 28.4 Å². The highest BCUT2D eigenvalue weighted by molar-refractivity contribution is 6.35. The van der Waals surface area contributed by atoms with Gasteiger partial charge < -0.3 is 39.1 Å². The highest BCUT2D eigenvalue weighted by atomic mass is 16.5. The summed E-state index contributed by atoms with van der Waals surface area (Å²) in [5.41, 5.74) is 1.61. The molecule has 0 aliphatic heterocycles. The van der Waals surface area contributed by atoms with Crippen LogP contribution in [-0.2, 0) is 22.4 Å². The van der Waals surface area contributed by atoms with Crippen LogP contribution in [0.15, 0.2) is 24.3 Å². The average molecular weight is 477 g/mol. The van der Waals surface area contributed by atoms with Gasteiger partial charge in [0.05, 0.1) is 42.7 Å². The van der Waals surface area contributed by atoms with Crippen LogP contribution in [0.2, 0.25) is 0 Å². The van der Waals surface area contributed by atoms with E-state index in [1.165, 1.54) is 42.7 Å². The monoisotopic (exact) mass is 476 g/mol. The quantitative estimate of drug-likeness (QED) is 0.446. The summed E-state index contributed by atoms with van der Waals surface area (Å²) in [5.74, 6) is 1.61. The van der Waals surface area contributed by atoms with E-state index in [0.29, 0.717) is 47.3 Å². The molecule has 0 aromatic heterocycles. The summed E-state index contributed by atoms with van der Waals surface area (Å²) in [7, 11) is 9.18. The fourth-order valence-corrected chi connectivity index (χ4v) is 3.50. The first-order valence-electron chi connectivity index (χ1n) is 10.6. The van der Waals surface area contributed by atoms with Crippen molar-refractivity contribution in [3.63, 3.8) is 0 Å². The summed E-state index contributed by atoms with van der Waals surface area (Å²) >= 11 is 0. The predicted molar refractivity (Wildman–Crippen MR) is 126 cm³/mol. The summed E-state index contributed by atoms with van der Waals surface area (Å²) in [4.78, 5) is 24.4. The summed E-state index contributed by atoms with van der Waals surface area (Å²) in [6, 6.07) is 7.16. The van der Waals surface area contributed by atoms with Gasteiger partial charge in [-0.25, -0.2) is 0 Å². The first kappa shape index (κ1) is 26.4. The van der Waals surface area contributed by atoms with Crippen LogP contribution < -0.4 is 39.1 Å². The van der Waals surface area contributed by atoms with Crippen molar-refractivity contribution in [2.75, 3.05) is 55.7 Å². The van der Waals surface area contributed by atoms with Crippen molar-refractivity contribution >= 4 is 11.8 Å². The summed E-state index contributed by atoms with van der Waals surface area (Å²) in [6.07, 6.45) is 0.872. The fraction of sp³-hybridized carbons (Fsp3) is 0.417. The third-order valence-electron chi connectivity index (χ3n) is 5.14. The number of amides is 2. The number of hydrogen-bond acceptors (Lipinski definition) is 8. The molecule has 34 heavy (non-hydrogen) atoms. The van der Waals surface area contributed by atoms with E-state index in [1.54, 1.807) is 12.1 Å². The predicted octanol–water partition coefficient (Wildman–Crippen LogP) is 1.76. The maximum absolute atomic E-state index is 12.2. The van der Waals surface area contributed by atoms with Crippen molar-refractivity contribution in [3.8, 4) is 34.5 Å². The SMILES string of the molecule is COc1ccc(CCNC(=O)C(=O)NCCc2ccc(OC)c(OC)c2OC)c(OC)c1OC. The van der Waals surface area contributed by atoms with Crippen LogP contribution in [0.1, 0.15) is 11.1 Å². The molecule has 2 N–H and O–H groups in total. The lowest BCUT2D eigenvalue weighted by Gasteiger charge is -2.16.